The SMILES string of the molecule is Nc1c2c(cc(=O)n1-c1ccc3oc(-c4cc(F)c(F)cc4Cl)nc3c1)C(=O)NC2=O. The van der Waals surface area contributed by atoms with Crippen LogP contribution in [0.5, 0.6) is 0 Å². The van der Waals surface area contributed by atoms with Gasteiger partial charge in [-0.25, -0.2) is 13.8 Å². The lowest BCUT2D eigenvalue weighted by atomic mass is 10.1. The van der Waals surface area contributed by atoms with Crippen LogP contribution in [0.15, 0.2) is 45.6 Å². The third-order valence-electron chi connectivity index (χ3n) is 4.82. The molecule has 1 aliphatic heterocycles. The lowest BCUT2D eigenvalue weighted by Crippen LogP contribution is -2.24. The molecule has 2 amide bonds. The molecule has 0 spiro atoms. The average Bonchev–Trinajstić information content (AvgIpc) is 3.25. The van der Waals surface area contributed by atoms with Crippen molar-refractivity contribution in [2.75, 3.05) is 5.73 Å². The average molecular weight is 443 g/mol. The summed E-state index contributed by atoms with van der Waals surface area (Å²) in [5.41, 5.74) is 6.03. The first kappa shape index (κ1) is 18.9. The second kappa shape index (κ2) is 6.47. The van der Waals surface area contributed by atoms with Crippen LogP contribution in [0.3, 0.4) is 0 Å². The van der Waals surface area contributed by atoms with Crippen molar-refractivity contribution in [2.24, 2.45) is 0 Å². The number of rotatable bonds is 2. The van der Waals surface area contributed by atoms with E-state index in [0.29, 0.717) is 0 Å². The van der Waals surface area contributed by atoms with Gasteiger partial charge in [0, 0.05) is 6.07 Å². The summed E-state index contributed by atoms with van der Waals surface area (Å²) in [5.74, 6) is -3.90. The lowest BCUT2D eigenvalue weighted by Gasteiger charge is -2.11. The Labute approximate surface area is 175 Å². The van der Waals surface area contributed by atoms with Gasteiger partial charge in [-0.2, -0.15) is 0 Å². The van der Waals surface area contributed by atoms with Crippen LogP contribution in [0.4, 0.5) is 14.6 Å². The standard InChI is InChI=1S/C20H9ClF2N4O4/c21-10-6-12(23)11(22)4-8(10)20-25-13-3-7(1-2-14(13)31-20)27-15(28)5-9-16(17(27)24)19(30)26-18(9)29/h1-6H,24H2,(H,26,29,30). The fraction of sp³-hybridized carbons (Fsp3) is 0. The number of amides is 2. The normalized spacial score (nSPS) is 13.0. The Morgan fingerprint density at radius 1 is 1.00 bits per heavy atom. The van der Waals surface area contributed by atoms with Crippen LogP contribution in [-0.4, -0.2) is 21.4 Å². The van der Waals surface area contributed by atoms with Crippen molar-refractivity contribution >= 4 is 40.3 Å². The van der Waals surface area contributed by atoms with Crippen LogP contribution in [-0.2, 0) is 0 Å². The molecule has 2 aromatic carbocycles. The van der Waals surface area contributed by atoms with Crippen molar-refractivity contribution in [1.82, 2.24) is 14.9 Å². The Hall–Kier alpha value is -4.05. The number of nitrogens with one attached hydrogen (secondary N) is 1. The molecule has 0 radical (unpaired) electrons. The Bertz CT molecular complexity index is 1530. The van der Waals surface area contributed by atoms with Gasteiger partial charge in [-0.05, 0) is 30.3 Å². The fourth-order valence-electron chi connectivity index (χ4n) is 3.40. The number of halogens is 3. The van der Waals surface area contributed by atoms with E-state index >= 15 is 0 Å². The highest BCUT2D eigenvalue weighted by Crippen LogP contribution is 2.32. The zero-order chi connectivity index (χ0) is 22.0. The summed E-state index contributed by atoms with van der Waals surface area (Å²) >= 11 is 5.98. The van der Waals surface area contributed by atoms with Crippen LogP contribution >= 0.6 is 11.6 Å². The lowest BCUT2D eigenvalue weighted by molar-refractivity contribution is 0.0880. The molecule has 0 fully saturated rings. The van der Waals surface area contributed by atoms with Gasteiger partial charge in [-0.3, -0.25) is 24.3 Å². The molecule has 0 atom stereocenters. The smallest absolute Gasteiger partial charge is 0.262 e. The third-order valence-corrected chi connectivity index (χ3v) is 5.14. The number of carbonyl (C=O) groups is 2. The van der Waals surface area contributed by atoms with Crippen molar-refractivity contribution < 1.29 is 22.8 Å². The third kappa shape index (κ3) is 2.80. The van der Waals surface area contributed by atoms with Crippen molar-refractivity contribution in [3.63, 3.8) is 0 Å². The predicted molar refractivity (Wildman–Crippen MR) is 106 cm³/mol. The largest absolute Gasteiger partial charge is 0.436 e. The van der Waals surface area contributed by atoms with Crippen molar-refractivity contribution in [3.05, 3.63) is 74.5 Å². The van der Waals surface area contributed by atoms with Gasteiger partial charge >= 0.3 is 0 Å². The molecule has 2 aromatic heterocycles. The molecule has 8 nitrogen and oxygen atoms in total. The minimum atomic E-state index is -1.12. The first-order valence-corrected chi connectivity index (χ1v) is 9.09. The number of hydrogen-bond acceptors (Lipinski definition) is 6. The summed E-state index contributed by atoms with van der Waals surface area (Å²) in [5, 5.41) is 1.99. The van der Waals surface area contributed by atoms with Gasteiger partial charge in [0.2, 0.25) is 5.89 Å². The van der Waals surface area contributed by atoms with Crippen molar-refractivity contribution in [1.29, 1.82) is 0 Å². The Balaban J connectivity index is 1.67. The van der Waals surface area contributed by atoms with Crippen LogP contribution in [0, 0.1) is 11.6 Å². The molecule has 3 N–H and O–H groups in total. The molecule has 11 heteroatoms. The number of nitrogens with two attached hydrogens (primary N) is 1. The molecular formula is C20H9ClF2N4O4. The van der Waals surface area contributed by atoms with Gasteiger partial charge in [0.25, 0.3) is 17.4 Å². The Morgan fingerprint density at radius 2 is 1.74 bits per heavy atom. The summed E-state index contributed by atoms with van der Waals surface area (Å²) in [4.78, 5) is 40.6. The molecule has 3 heterocycles. The zero-order valence-corrected chi connectivity index (χ0v) is 16.0. The second-order valence-corrected chi connectivity index (χ2v) is 7.10. The van der Waals surface area contributed by atoms with Gasteiger partial charge in [-0.15, -0.1) is 0 Å². The van der Waals surface area contributed by atoms with Crippen LogP contribution in [0.25, 0.3) is 28.2 Å². The first-order valence-electron chi connectivity index (χ1n) is 8.71. The molecule has 5 rings (SSSR count). The minimum absolute atomic E-state index is 0.0442. The second-order valence-electron chi connectivity index (χ2n) is 6.69. The number of oxazole rings is 1. The van der Waals surface area contributed by atoms with E-state index in [1.54, 1.807) is 0 Å². The summed E-state index contributed by atoms with van der Waals surface area (Å²) in [6.07, 6.45) is 0. The zero-order valence-electron chi connectivity index (χ0n) is 15.2. The van der Waals surface area contributed by atoms with Gasteiger partial charge in [0.15, 0.2) is 17.2 Å². The van der Waals surface area contributed by atoms with Crippen LogP contribution in [0.1, 0.15) is 20.7 Å². The van der Waals surface area contributed by atoms with Crippen LogP contribution in [0.2, 0.25) is 5.02 Å². The van der Waals surface area contributed by atoms with E-state index in [1.165, 1.54) is 18.2 Å². The van der Waals surface area contributed by atoms with E-state index in [-0.39, 0.29) is 50.2 Å². The maximum absolute atomic E-state index is 13.6. The van der Waals surface area contributed by atoms with E-state index in [9.17, 15) is 23.2 Å². The number of hydrogen-bond donors (Lipinski definition) is 2. The Morgan fingerprint density at radius 3 is 2.52 bits per heavy atom. The van der Waals surface area contributed by atoms with Crippen LogP contribution < -0.4 is 16.6 Å². The van der Waals surface area contributed by atoms with Crippen molar-refractivity contribution in [2.45, 2.75) is 0 Å². The van der Waals surface area contributed by atoms with Crippen molar-refractivity contribution in [3.8, 4) is 17.1 Å². The molecule has 4 aromatic rings. The molecule has 0 saturated heterocycles. The fourth-order valence-corrected chi connectivity index (χ4v) is 3.63. The monoisotopic (exact) mass is 442 g/mol. The summed E-state index contributed by atoms with van der Waals surface area (Å²) < 4.78 is 33.6. The minimum Gasteiger partial charge on any atom is -0.436 e. The number of carbonyl (C=O) groups excluding carboxylic acids is 2. The summed E-state index contributed by atoms with van der Waals surface area (Å²) in [6.45, 7) is 0. The molecule has 0 unspecified atom stereocenters. The highest BCUT2D eigenvalue weighted by atomic mass is 35.5. The maximum atomic E-state index is 13.6. The first-order chi connectivity index (χ1) is 14.7. The number of nitrogens with zero attached hydrogens (tertiary/aromatic N) is 2. The molecule has 31 heavy (non-hydrogen) atoms. The quantitative estimate of drug-likeness (QED) is 0.363. The van der Waals surface area contributed by atoms with Gasteiger partial charge in [-0.1, -0.05) is 11.6 Å². The maximum Gasteiger partial charge on any atom is 0.262 e. The molecule has 154 valence electrons. The van der Waals surface area contributed by atoms with Gasteiger partial charge in [0.05, 0.1) is 27.4 Å². The van der Waals surface area contributed by atoms with E-state index in [2.05, 4.69) is 10.3 Å². The number of imide groups is 1. The number of fused-ring (bicyclic) bond motifs is 2. The van der Waals surface area contributed by atoms with Gasteiger partial charge in [0.1, 0.15) is 11.3 Å². The van der Waals surface area contributed by atoms with E-state index < -0.39 is 29.0 Å². The highest BCUT2D eigenvalue weighted by Gasteiger charge is 2.32. The Kier molecular flexibility index (Phi) is 3.96. The number of anilines is 1. The highest BCUT2D eigenvalue weighted by molar-refractivity contribution is 6.33. The molecule has 0 saturated carbocycles. The molecule has 0 aliphatic carbocycles. The number of nitrogen functional groups attached to an aromatic ring is 1. The topological polar surface area (TPSA) is 120 Å². The van der Waals surface area contributed by atoms with E-state index in [1.807, 2.05) is 0 Å². The molecular weight excluding hydrogens is 434 g/mol. The predicted octanol–water partition coefficient (Wildman–Crippen LogP) is 3.04. The van der Waals surface area contributed by atoms with E-state index in [4.69, 9.17) is 21.8 Å². The number of pyridine rings is 1. The summed E-state index contributed by atoms with van der Waals surface area (Å²) in [6, 6.07) is 7.12. The number of aromatic nitrogens is 2. The van der Waals surface area contributed by atoms with E-state index in [0.717, 1.165) is 22.8 Å². The number of benzene rings is 2. The molecule has 0 bridgehead atoms. The summed E-state index contributed by atoms with van der Waals surface area (Å²) in [7, 11) is 0. The molecule has 1 aliphatic rings. The van der Waals surface area contributed by atoms with Gasteiger partial charge < -0.3 is 10.2 Å².